The molecule has 1 aromatic carbocycles. The molecule has 1 heterocycles. The van der Waals surface area contributed by atoms with Gasteiger partial charge < -0.3 is 15.5 Å². The summed E-state index contributed by atoms with van der Waals surface area (Å²) in [4.78, 5) is 11.6. The van der Waals surface area contributed by atoms with Crippen LogP contribution in [0.2, 0.25) is 5.15 Å². The van der Waals surface area contributed by atoms with Crippen LogP contribution in [0.1, 0.15) is 19.8 Å². The number of benzene rings is 1. The first kappa shape index (κ1) is 21.2. The van der Waals surface area contributed by atoms with E-state index in [9.17, 15) is 0 Å². The second-order valence-corrected chi connectivity index (χ2v) is 8.31. The highest BCUT2D eigenvalue weighted by atomic mass is 79.9. The van der Waals surface area contributed by atoms with Crippen molar-refractivity contribution in [1.29, 1.82) is 0 Å². The van der Waals surface area contributed by atoms with Crippen molar-refractivity contribution in [3.8, 4) is 0 Å². The topological polar surface area (TPSA) is 53.1 Å². The summed E-state index contributed by atoms with van der Waals surface area (Å²) in [6.07, 6.45) is 3.85. The number of halogens is 2. The van der Waals surface area contributed by atoms with Gasteiger partial charge in [-0.05, 0) is 36.8 Å². The Hall–Kier alpha value is -1.09. The zero-order chi connectivity index (χ0) is 19.1. The van der Waals surface area contributed by atoms with E-state index in [1.165, 1.54) is 11.8 Å². The molecule has 0 amide bonds. The smallest absolute Gasteiger partial charge is 0.173 e. The maximum Gasteiger partial charge on any atom is 0.173 e. The van der Waals surface area contributed by atoms with Crippen molar-refractivity contribution in [2.75, 3.05) is 31.3 Å². The predicted molar refractivity (Wildman–Crippen MR) is 119 cm³/mol. The van der Waals surface area contributed by atoms with Gasteiger partial charge in [0.25, 0.3) is 0 Å². The van der Waals surface area contributed by atoms with Crippen LogP contribution in [0.5, 0.6) is 0 Å². The minimum absolute atomic E-state index is 0.373. The van der Waals surface area contributed by atoms with Crippen LogP contribution >= 0.6 is 51.5 Å². The van der Waals surface area contributed by atoms with Gasteiger partial charge in [-0.1, -0.05) is 52.6 Å². The van der Waals surface area contributed by atoms with Crippen LogP contribution in [0.25, 0.3) is 0 Å². The molecular weight excluding hydrogens is 454 g/mol. The Bertz CT molecular complexity index is 775. The number of anilines is 2. The Balaban J connectivity index is 2.15. The average molecular weight is 475 g/mol. The van der Waals surface area contributed by atoms with E-state index in [4.69, 9.17) is 23.8 Å². The minimum Gasteiger partial charge on any atom is -0.372 e. The molecule has 0 unspecified atom stereocenters. The molecular formula is C17H21BrClN5S2. The molecule has 2 rings (SSSR count). The van der Waals surface area contributed by atoms with E-state index in [2.05, 4.69) is 43.5 Å². The summed E-state index contributed by atoms with van der Waals surface area (Å²) in [5.74, 6) is 0.670. The third kappa shape index (κ3) is 6.26. The van der Waals surface area contributed by atoms with Gasteiger partial charge in [0.1, 0.15) is 10.8 Å². The number of hydrogen-bond acceptors (Lipinski definition) is 5. The number of unbranched alkanes of at least 4 members (excludes halogenated alkanes) is 1. The standard InChI is InChI=1S/C17H21BrClN5S2/c1-4-5-6-24(3)17(25)22-12-7-11(18)8-13(9-12)26-16-15(19)21-10-14(20-2)23-16/h7-10H,4-6H2,1-3H3,(H,20,23)(H,22,25). The zero-order valence-electron chi connectivity index (χ0n) is 14.8. The summed E-state index contributed by atoms with van der Waals surface area (Å²) in [5.41, 5.74) is 0.907. The molecule has 0 aliphatic carbocycles. The van der Waals surface area contributed by atoms with Crippen molar-refractivity contribution in [3.63, 3.8) is 0 Å². The molecule has 0 spiro atoms. The molecule has 2 aromatic rings. The first-order valence-electron chi connectivity index (χ1n) is 8.13. The molecule has 0 aliphatic heterocycles. The molecule has 0 aliphatic rings. The SMILES string of the molecule is CCCCN(C)C(=S)Nc1cc(Br)cc(Sc2nc(NC)cnc2Cl)c1. The monoisotopic (exact) mass is 473 g/mol. The van der Waals surface area contributed by atoms with Gasteiger partial charge in [0.2, 0.25) is 0 Å². The van der Waals surface area contributed by atoms with Crippen molar-refractivity contribution in [2.24, 2.45) is 0 Å². The van der Waals surface area contributed by atoms with E-state index >= 15 is 0 Å². The van der Waals surface area contributed by atoms with Crippen LogP contribution in [0, 0.1) is 0 Å². The number of thiocarbonyl (C=S) groups is 1. The van der Waals surface area contributed by atoms with Crippen LogP contribution < -0.4 is 10.6 Å². The van der Waals surface area contributed by atoms with Crippen molar-refractivity contribution in [1.82, 2.24) is 14.9 Å². The molecule has 2 N–H and O–H groups in total. The molecule has 0 saturated carbocycles. The highest BCUT2D eigenvalue weighted by molar-refractivity contribution is 9.10. The Morgan fingerprint density at radius 1 is 1.38 bits per heavy atom. The molecule has 0 radical (unpaired) electrons. The summed E-state index contributed by atoms with van der Waals surface area (Å²) < 4.78 is 0.942. The fourth-order valence-corrected chi connectivity index (χ4v) is 4.00. The lowest BCUT2D eigenvalue weighted by atomic mass is 10.3. The van der Waals surface area contributed by atoms with Crippen LogP contribution in [0.3, 0.4) is 0 Å². The maximum absolute atomic E-state index is 6.18. The second kappa shape index (κ2) is 10.3. The van der Waals surface area contributed by atoms with Crippen LogP contribution in [-0.2, 0) is 0 Å². The Morgan fingerprint density at radius 2 is 2.15 bits per heavy atom. The molecule has 1 aromatic heterocycles. The molecule has 9 heteroatoms. The number of rotatable bonds is 7. The summed E-state index contributed by atoms with van der Waals surface area (Å²) in [6.45, 7) is 3.10. The lowest BCUT2D eigenvalue weighted by Crippen LogP contribution is -2.31. The summed E-state index contributed by atoms with van der Waals surface area (Å²) in [5, 5.41) is 7.97. The minimum atomic E-state index is 0.373. The van der Waals surface area contributed by atoms with Crippen LogP contribution in [0.15, 0.2) is 38.8 Å². The van der Waals surface area contributed by atoms with E-state index in [1.807, 2.05) is 30.1 Å². The van der Waals surface area contributed by atoms with Gasteiger partial charge in [0, 0.05) is 35.7 Å². The molecule has 26 heavy (non-hydrogen) atoms. The quantitative estimate of drug-likeness (QED) is 0.513. The lowest BCUT2D eigenvalue weighted by molar-refractivity contribution is 0.491. The van der Waals surface area contributed by atoms with Crippen molar-refractivity contribution >= 4 is 68.1 Å². The fraction of sp³-hybridized carbons (Fsp3) is 0.353. The third-order valence-corrected chi connectivity index (χ3v) is 5.70. The number of hydrogen-bond donors (Lipinski definition) is 2. The maximum atomic E-state index is 6.18. The van der Waals surface area contributed by atoms with Crippen LogP contribution in [0.4, 0.5) is 11.5 Å². The average Bonchev–Trinajstić information content (AvgIpc) is 2.61. The highest BCUT2D eigenvalue weighted by Crippen LogP contribution is 2.34. The van der Waals surface area contributed by atoms with E-state index < -0.39 is 0 Å². The zero-order valence-corrected chi connectivity index (χ0v) is 18.8. The van der Waals surface area contributed by atoms with Gasteiger partial charge >= 0.3 is 0 Å². The normalized spacial score (nSPS) is 10.5. The van der Waals surface area contributed by atoms with Gasteiger partial charge in [-0.2, -0.15) is 0 Å². The van der Waals surface area contributed by atoms with E-state index in [0.29, 0.717) is 21.1 Å². The van der Waals surface area contributed by atoms with Crippen molar-refractivity contribution in [2.45, 2.75) is 29.7 Å². The largest absolute Gasteiger partial charge is 0.372 e. The number of nitrogens with zero attached hydrogens (tertiary/aromatic N) is 3. The highest BCUT2D eigenvalue weighted by Gasteiger charge is 2.10. The molecule has 0 fully saturated rings. The molecule has 0 saturated heterocycles. The molecule has 0 bridgehead atoms. The van der Waals surface area contributed by atoms with Gasteiger partial charge in [-0.15, -0.1) is 0 Å². The summed E-state index contributed by atoms with van der Waals surface area (Å²) in [6, 6.07) is 6.00. The first-order valence-corrected chi connectivity index (χ1v) is 10.5. The van der Waals surface area contributed by atoms with E-state index in [-0.39, 0.29) is 0 Å². The third-order valence-electron chi connectivity index (χ3n) is 3.49. The lowest BCUT2D eigenvalue weighted by Gasteiger charge is -2.21. The number of nitrogens with one attached hydrogen (secondary N) is 2. The van der Waals surface area contributed by atoms with Gasteiger partial charge in [-0.3, -0.25) is 0 Å². The molecule has 140 valence electrons. The summed E-state index contributed by atoms with van der Waals surface area (Å²) in [7, 11) is 3.79. The van der Waals surface area contributed by atoms with Gasteiger partial charge in [0.15, 0.2) is 10.3 Å². The molecule has 0 atom stereocenters. The van der Waals surface area contributed by atoms with E-state index in [1.54, 1.807) is 13.2 Å². The Labute approximate surface area is 177 Å². The fourth-order valence-electron chi connectivity index (χ4n) is 2.06. The van der Waals surface area contributed by atoms with Crippen LogP contribution in [-0.4, -0.2) is 40.6 Å². The van der Waals surface area contributed by atoms with E-state index in [0.717, 1.165) is 34.4 Å². The molecule has 5 nitrogen and oxygen atoms in total. The predicted octanol–water partition coefficient (Wildman–Crippen LogP) is 5.51. The second-order valence-electron chi connectivity index (χ2n) is 5.58. The first-order chi connectivity index (χ1) is 12.4. The van der Waals surface area contributed by atoms with Gasteiger partial charge in [-0.25, -0.2) is 9.97 Å². The van der Waals surface area contributed by atoms with Crippen molar-refractivity contribution < 1.29 is 0 Å². The Kier molecular flexibility index (Phi) is 8.40. The van der Waals surface area contributed by atoms with Gasteiger partial charge in [0.05, 0.1) is 6.20 Å². The van der Waals surface area contributed by atoms with Crippen molar-refractivity contribution in [3.05, 3.63) is 34.0 Å². The Morgan fingerprint density at radius 3 is 2.85 bits per heavy atom. The summed E-state index contributed by atoms with van der Waals surface area (Å²) >= 11 is 16.7. The number of aromatic nitrogens is 2.